The molecule has 6 nitrogen and oxygen atoms in total. The normalized spacial score (nSPS) is 12.9. The van der Waals surface area contributed by atoms with E-state index in [0.717, 1.165) is 10.8 Å². The summed E-state index contributed by atoms with van der Waals surface area (Å²) in [5.41, 5.74) is 1.08. The molecule has 0 aliphatic rings. The fraction of sp³-hybridized carbons (Fsp3) is 0.250. The van der Waals surface area contributed by atoms with Crippen molar-refractivity contribution in [1.29, 1.82) is 0 Å². The van der Waals surface area contributed by atoms with Gasteiger partial charge in [0.1, 0.15) is 6.10 Å². The van der Waals surface area contributed by atoms with Crippen LogP contribution in [0.1, 0.15) is 27.6 Å². The van der Waals surface area contributed by atoms with Gasteiger partial charge in [-0.3, -0.25) is 9.59 Å². The zero-order valence-electron chi connectivity index (χ0n) is 16.9. The van der Waals surface area contributed by atoms with E-state index in [1.54, 1.807) is 30.3 Å². The standard InChI is InChI=1S/C24H26N2O4/c1-2-30-22(21(27)15-25-23(28)18-10-4-3-5-11-18)16-26-24(29)20-14-8-12-17-9-6-7-13-19(17)20/h3-14,21-22,27H,2,15-16H2,1H3,(H,25,28)(H,26,29)/t21-,22+/m0/s1. The van der Waals surface area contributed by atoms with Crippen LogP contribution in [0.3, 0.4) is 0 Å². The summed E-state index contributed by atoms with van der Waals surface area (Å²) in [4.78, 5) is 24.9. The van der Waals surface area contributed by atoms with Gasteiger partial charge in [0.25, 0.3) is 11.8 Å². The lowest BCUT2D eigenvalue weighted by Gasteiger charge is -2.23. The summed E-state index contributed by atoms with van der Waals surface area (Å²) in [5.74, 6) is -0.512. The van der Waals surface area contributed by atoms with Gasteiger partial charge in [-0.15, -0.1) is 0 Å². The van der Waals surface area contributed by atoms with Crippen molar-refractivity contribution < 1.29 is 19.4 Å². The molecule has 2 atom stereocenters. The van der Waals surface area contributed by atoms with Crippen LogP contribution in [0.4, 0.5) is 0 Å². The number of rotatable bonds is 9. The van der Waals surface area contributed by atoms with E-state index < -0.39 is 12.2 Å². The Kier molecular flexibility index (Phi) is 7.54. The van der Waals surface area contributed by atoms with Gasteiger partial charge in [-0.1, -0.05) is 54.6 Å². The van der Waals surface area contributed by atoms with Crippen molar-refractivity contribution in [3.8, 4) is 0 Å². The Morgan fingerprint density at radius 3 is 2.30 bits per heavy atom. The highest BCUT2D eigenvalue weighted by Gasteiger charge is 2.22. The van der Waals surface area contributed by atoms with Crippen molar-refractivity contribution in [3.05, 3.63) is 83.9 Å². The molecular weight excluding hydrogens is 380 g/mol. The monoisotopic (exact) mass is 406 g/mol. The van der Waals surface area contributed by atoms with Crippen LogP contribution >= 0.6 is 0 Å². The average Bonchev–Trinajstić information content (AvgIpc) is 2.79. The van der Waals surface area contributed by atoms with E-state index >= 15 is 0 Å². The first kappa shape index (κ1) is 21.5. The predicted molar refractivity (Wildman–Crippen MR) is 116 cm³/mol. The number of fused-ring (bicyclic) bond motifs is 1. The van der Waals surface area contributed by atoms with E-state index in [-0.39, 0.29) is 24.9 Å². The van der Waals surface area contributed by atoms with Gasteiger partial charge >= 0.3 is 0 Å². The van der Waals surface area contributed by atoms with Gasteiger partial charge in [0, 0.05) is 30.8 Å². The zero-order chi connectivity index (χ0) is 21.3. The lowest BCUT2D eigenvalue weighted by atomic mass is 10.0. The Hall–Kier alpha value is -3.22. The molecule has 0 fully saturated rings. The molecule has 6 heteroatoms. The van der Waals surface area contributed by atoms with Crippen molar-refractivity contribution in [1.82, 2.24) is 10.6 Å². The number of aliphatic hydroxyl groups is 1. The molecule has 0 aromatic heterocycles. The third kappa shape index (κ3) is 5.43. The third-order valence-corrected chi connectivity index (χ3v) is 4.82. The maximum atomic E-state index is 12.7. The fourth-order valence-electron chi connectivity index (χ4n) is 3.25. The first-order chi connectivity index (χ1) is 14.6. The molecule has 0 saturated heterocycles. The Bertz CT molecular complexity index is 985. The van der Waals surface area contributed by atoms with Crippen molar-refractivity contribution in [3.63, 3.8) is 0 Å². The largest absolute Gasteiger partial charge is 0.388 e. The van der Waals surface area contributed by atoms with Gasteiger partial charge in [-0.2, -0.15) is 0 Å². The number of hydrogen-bond acceptors (Lipinski definition) is 4. The number of aliphatic hydroxyl groups excluding tert-OH is 1. The smallest absolute Gasteiger partial charge is 0.252 e. The van der Waals surface area contributed by atoms with Gasteiger partial charge in [0.05, 0.1) is 6.10 Å². The van der Waals surface area contributed by atoms with E-state index in [9.17, 15) is 14.7 Å². The van der Waals surface area contributed by atoms with Crippen LogP contribution in [0.15, 0.2) is 72.8 Å². The summed E-state index contributed by atoms with van der Waals surface area (Å²) >= 11 is 0. The van der Waals surface area contributed by atoms with E-state index in [2.05, 4.69) is 10.6 Å². The Labute approximate surface area is 175 Å². The SMILES string of the molecule is CCO[C@H](CNC(=O)c1cccc2ccccc12)[C@@H](O)CNC(=O)c1ccccc1. The summed E-state index contributed by atoms with van der Waals surface area (Å²) < 4.78 is 5.60. The second kappa shape index (κ2) is 10.5. The van der Waals surface area contributed by atoms with Crippen LogP contribution in [0.2, 0.25) is 0 Å². The molecule has 0 aliphatic heterocycles. The molecule has 0 bridgehead atoms. The minimum atomic E-state index is -0.967. The van der Waals surface area contributed by atoms with Crippen LogP contribution in [0.5, 0.6) is 0 Å². The van der Waals surface area contributed by atoms with Gasteiger partial charge in [-0.05, 0) is 35.9 Å². The molecular formula is C24H26N2O4. The molecule has 3 aromatic rings. The number of carbonyl (C=O) groups is 2. The first-order valence-electron chi connectivity index (χ1n) is 9.99. The molecule has 3 aromatic carbocycles. The van der Waals surface area contributed by atoms with Crippen molar-refractivity contribution in [2.75, 3.05) is 19.7 Å². The fourth-order valence-corrected chi connectivity index (χ4v) is 3.25. The lowest BCUT2D eigenvalue weighted by Crippen LogP contribution is -2.46. The second-order valence-corrected chi connectivity index (χ2v) is 6.87. The highest BCUT2D eigenvalue weighted by atomic mass is 16.5. The molecule has 0 spiro atoms. The van der Waals surface area contributed by atoms with Gasteiger partial charge in [0.15, 0.2) is 0 Å². The minimum Gasteiger partial charge on any atom is -0.388 e. The molecule has 0 saturated carbocycles. The van der Waals surface area contributed by atoms with E-state index in [0.29, 0.717) is 17.7 Å². The summed E-state index contributed by atoms with van der Waals surface area (Å²) in [7, 11) is 0. The molecule has 30 heavy (non-hydrogen) atoms. The second-order valence-electron chi connectivity index (χ2n) is 6.87. The molecule has 156 valence electrons. The molecule has 0 heterocycles. The number of amides is 2. The molecule has 3 N–H and O–H groups in total. The van der Waals surface area contributed by atoms with Crippen LogP contribution in [-0.4, -0.2) is 48.8 Å². The summed E-state index contributed by atoms with van der Waals surface area (Å²) in [5, 5.41) is 17.9. The summed E-state index contributed by atoms with van der Waals surface area (Å²) in [6.45, 7) is 2.33. The Morgan fingerprint density at radius 2 is 1.53 bits per heavy atom. The Balaban J connectivity index is 1.59. The third-order valence-electron chi connectivity index (χ3n) is 4.82. The highest BCUT2D eigenvalue weighted by molar-refractivity contribution is 6.07. The van der Waals surface area contributed by atoms with Crippen LogP contribution in [-0.2, 0) is 4.74 Å². The topological polar surface area (TPSA) is 87.7 Å². The number of benzene rings is 3. The van der Waals surface area contributed by atoms with E-state index in [4.69, 9.17) is 4.74 Å². The number of carbonyl (C=O) groups excluding carboxylic acids is 2. The van der Waals surface area contributed by atoms with Crippen molar-refractivity contribution in [2.45, 2.75) is 19.1 Å². The molecule has 0 aliphatic carbocycles. The van der Waals surface area contributed by atoms with Gasteiger partial charge < -0.3 is 20.5 Å². The zero-order valence-corrected chi connectivity index (χ0v) is 16.9. The minimum absolute atomic E-state index is 0.0164. The molecule has 0 unspecified atom stereocenters. The Morgan fingerprint density at radius 1 is 0.867 bits per heavy atom. The lowest BCUT2D eigenvalue weighted by molar-refractivity contribution is -0.0287. The predicted octanol–water partition coefficient (Wildman–Crippen LogP) is 2.77. The van der Waals surface area contributed by atoms with Crippen molar-refractivity contribution in [2.24, 2.45) is 0 Å². The molecule has 0 radical (unpaired) electrons. The maximum absolute atomic E-state index is 12.7. The van der Waals surface area contributed by atoms with Crippen LogP contribution < -0.4 is 10.6 Å². The number of nitrogens with one attached hydrogen (secondary N) is 2. The first-order valence-corrected chi connectivity index (χ1v) is 9.99. The molecule has 2 amide bonds. The van der Waals surface area contributed by atoms with Crippen LogP contribution in [0.25, 0.3) is 10.8 Å². The number of ether oxygens (including phenoxy) is 1. The maximum Gasteiger partial charge on any atom is 0.252 e. The summed E-state index contributed by atoms with van der Waals surface area (Å²) in [6, 6.07) is 22.0. The molecule has 3 rings (SSSR count). The number of hydrogen-bond donors (Lipinski definition) is 3. The average molecular weight is 406 g/mol. The highest BCUT2D eigenvalue weighted by Crippen LogP contribution is 2.18. The van der Waals surface area contributed by atoms with Gasteiger partial charge in [-0.25, -0.2) is 0 Å². The van der Waals surface area contributed by atoms with Crippen LogP contribution in [0, 0.1) is 0 Å². The van der Waals surface area contributed by atoms with Gasteiger partial charge in [0.2, 0.25) is 0 Å². The van der Waals surface area contributed by atoms with E-state index in [1.807, 2.05) is 49.4 Å². The van der Waals surface area contributed by atoms with Crippen molar-refractivity contribution >= 4 is 22.6 Å². The van der Waals surface area contributed by atoms with E-state index in [1.165, 1.54) is 0 Å². The summed E-state index contributed by atoms with van der Waals surface area (Å²) in [6.07, 6.45) is -1.62. The quantitative estimate of drug-likeness (QED) is 0.510.